The second kappa shape index (κ2) is 7.87. The van der Waals surface area contributed by atoms with Crippen molar-refractivity contribution >= 4 is 27.6 Å². The highest BCUT2D eigenvalue weighted by Gasteiger charge is 2.16. The van der Waals surface area contributed by atoms with Crippen LogP contribution in [0, 0.1) is 0 Å². The van der Waals surface area contributed by atoms with Crippen molar-refractivity contribution < 1.29 is 17.9 Å². The topological polar surface area (TPSA) is 89.5 Å². The summed E-state index contributed by atoms with van der Waals surface area (Å²) in [6.07, 6.45) is 9.80. The van der Waals surface area contributed by atoms with E-state index in [1.807, 2.05) is 0 Å². The fourth-order valence-electron chi connectivity index (χ4n) is 2.89. The molecule has 3 rings (SSSR count). The predicted molar refractivity (Wildman–Crippen MR) is 103 cm³/mol. The summed E-state index contributed by atoms with van der Waals surface area (Å²) in [4.78, 5) is 23.3. The molecule has 1 aliphatic rings. The Morgan fingerprint density at radius 2 is 1.85 bits per heavy atom. The SMILES string of the molecule is COc1cc(C(=O)/C=C/c2cnc(N3CCCC3)nc2)ccc1S(C)(=O)=O. The number of carbonyl (C=O) groups excluding carboxylic acids is 1. The van der Waals surface area contributed by atoms with Gasteiger partial charge in [0.05, 0.1) is 7.11 Å². The van der Waals surface area contributed by atoms with Crippen LogP contribution in [0.15, 0.2) is 41.6 Å². The normalized spacial score (nSPS) is 14.7. The summed E-state index contributed by atoms with van der Waals surface area (Å²) in [6, 6.07) is 4.28. The summed E-state index contributed by atoms with van der Waals surface area (Å²) >= 11 is 0. The van der Waals surface area contributed by atoms with Gasteiger partial charge in [-0.25, -0.2) is 18.4 Å². The lowest BCUT2D eigenvalue weighted by Gasteiger charge is -2.14. The highest BCUT2D eigenvalue weighted by molar-refractivity contribution is 7.90. The largest absolute Gasteiger partial charge is 0.495 e. The molecule has 0 unspecified atom stereocenters. The maximum Gasteiger partial charge on any atom is 0.225 e. The van der Waals surface area contributed by atoms with E-state index in [2.05, 4.69) is 14.9 Å². The van der Waals surface area contributed by atoms with Gasteiger partial charge in [-0.05, 0) is 43.2 Å². The third-order valence-corrected chi connectivity index (χ3v) is 5.46. The molecule has 2 heterocycles. The highest BCUT2D eigenvalue weighted by atomic mass is 32.2. The Labute approximate surface area is 158 Å². The Morgan fingerprint density at radius 1 is 1.19 bits per heavy atom. The lowest BCUT2D eigenvalue weighted by atomic mass is 10.1. The van der Waals surface area contributed by atoms with Crippen molar-refractivity contribution in [1.29, 1.82) is 0 Å². The van der Waals surface area contributed by atoms with Crippen LogP contribution < -0.4 is 9.64 Å². The Kier molecular flexibility index (Phi) is 5.55. The third-order valence-electron chi connectivity index (χ3n) is 4.32. The van der Waals surface area contributed by atoms with Gasteiger partial charge in [0.15, 0.2) is 15.6 Å². The zero-order valence-corrected chi connectivity index (χ0v) is 16.1. The number of sulfone groups is 1. The number of ketones is 1. The number of rotatable bonds is 6. The molecule has 1 aromatic carbocycles. The summed E-state index contributed by atoms with van der Waals surface area (Å²) in [5.74, 6) is 0.587. The number of nitrogens with zero attached hydrogens (tertiary/aromatic N) is 3. The number of hydrogen-bond donors (Lipinski definition) is 0. The van der Waals surface area contributed by atoms with Gasteiger partial charge in [-0.3, -0.25) is 4.79 Å². The molecule has 0 radical (unpaired) electrons. The minimum atomic E-state index is -3.43. The van der Waals surface area contributed by atoms with Crippen molar-refractivity contribution in [2.75, 3.05) is 31.4 Å². The summed E-state index contributed by atoms with van der Waals surface area (Å²) in [5.41, 5.74) is 1.05. The molecule has 1 aliphatic heterocycles. The Morgan fingerprint density at radius 3 is 2.44 bits per heavy atom. The Balaban J connectivity index is 1.74. The molecule has 0 saturated carbocycles. The van der Waals surface area contributed by atoms with Gasteiger partial charge in [0.2, 0.25) is 5.95 Å². The van der Waals surface area contributed by atoms with Crippen LogP contribution in [0.25, 0.3) is 6.08 Å². The molecule has 0 atom stereocenters. The van der Waals surface area contributed by atoms with Crippen molar-refractivity contribution in [1.82, 2.24) is 9.97 Å². The maximum atomic E-state index is 12.4. The fourth-order valence-corrected chi connectivity index (χ4v) is 3.72. The number of benzene rings is 1. The van der Waals surface area contributed by atoms with Gasteiger partial charge in [-0.1, -0.05) is 0 Å². The van der Waals surface area contributed by atoms with E-state index in [0.29, 0.717) is 17.1 Å². The second-order valence-corrected chi connectivity index (χ2v) is 8.33. The molecule has 0 spiro atoms. The van der Waals surface area contributed by atoms with Crippen LogP contribution in [0.2, 0.25) is 0 Å². The average Bonchev–Trinajstić information content (AvgIpc) is 3.20. The molecule has 142 valence electrons. The minimum absolute atomic E-state index is 0.0523. The van der Waals surface area contributed by atoms with Gasteiger partial charge >= 0.3 is 0 Å². The first-order valence-electron chi connectivity index (χ1n) is 8.56. The van der Waals surface area contributed by atoms with E-state index in [1.165, 1.54) is 31.4 Å². The molecule has 8 heteroatoms. The van der Waals surface area contributed by atoms with Gasteiger partial charge in [0, 0.05) is 42.9 Å². The van der Waals surface area contributed by atoms with E-state index >= 15 is 0 Å². The first-order chi connectivity index (χ1) is 12.9. The van der Waals surface area contributed by atoms with E-state index in [-0.39, 0.29) is 16.4 Å². The molecule has 7 nitrogen and oxygen atoms in total. The first kappa shape index (κ1) is 19.0. The van der Waals surface area contributed by atoms with Crippen LogP contribution in [0.5, 0.6) is 5.75 Å². The first-order valence-corrected chi connectivity index (χ1v) is 10.4. The van der Waals surface area contributed by atoms with Crippen molar-refractivity contribution in [2.24, 2.45) is 0 Å². The zero-order chi connectivity index (χ0) is 19.4. The van der Waals surface area contributed by atoms with E-state index in [4.69, 9.17) is 4.74 Å². The van der Waals surface area contributed by atoms with Crippen molar-refractivity contribution in [2.45, 2.75) is 17.7 Å². The summed E-state index contributed by atoms with van der Waals surface area (Å²) < 4.78 is 28.6. The fraction of sp³-hybridized carbons (Fsp3) is 0.316. The van der Waals surface area contributed by atoms with E-state index in [1.54, 1.807) is 18.5 Å². The molecule has 1 aromatic heterocycles. The quantitative estimate of drug-likeness (QED) is 0.555. The third kappa shape index (κ3) is 4.51. The summed E-state index contributed by atoms with van der Waals surface area (Å²) in [6.45, 7) is 1.94. The summed E-state index contributed by atoms with van der Waals surface area (Å²) in [5, 5.41) is 0. The van der Waals surface area contributed by atoms with Crippen molar-refractivity contribution in [3.8, 4) is 5.75 Å². The number of carbonyl (C=O) groups is 1. The number of allylic oxidation sites excluding steroid dienone is 1. The van der Waals surface area contributed by atoms with Crippen molar-refractivity contribution in [3.05, 3.63) is 47.8 Å². The number of hydrogen-bond acceptors (Lipinski definition) is 7. The Bertz CT molecular complexity index is 963. The predicted octanol–water partition coefficient (Wildman–Crippen LogP) is 2.39. The molecule has 27 heavy (non-hydrogen) atoms. The van der Waals surface area contributed by atoms with Crippen molar-refractivity contribution in [3.63, 3.8) is 0 Å². The second-order valence-electron chi connectivity index (χ2n) is 6.35. The Hall–Kier alpha value is -2.74. The molecule has 1 saturated heterocycles. The van der Waals surface area contributed by atoms with Gasteiger partial charge in [0.25, 0.3) is 0 Å². The number of methoxy groups -OCH3 is 1. The van der Waals surface area contributed by atoms with Gasteiger partial charge in [0.1, 0.15) is 10.6 Å². The van der Waals surface area contributed by atoms with Crippen LogP contribution in [0.3, 0.4) is 0 Å². The van der Waals surface area contributed by atoms with Crippen LogP contribution in [-0.4, -0.2) is 50.6 Å². The van der Waals surface area contributed by atoms with Crippen LogP contribution in [0.1, 0.15) is 28.8 Å². The molecule has 0 N–H and O–H groups in total. The lowest BCUT2D eigenvalue weighted by molar-refractivity contribution is 0.104. The highest BCUT2D eigenvalue weighted by Crippen LogP contribution is 2.25. The molecular weight excluding hydrogens is 366 g/mol. The smallest absolute Gasteiger partial charge is 0.225 e. The zero-order valence-electron chi connectivity index (χ0n) is 15.3. The van der Waals surface area contributed by atoms with Gasteiger partial charge in [-0.2, -0.15) is 0 Å². The average molecular weight is 387 g/mol. The van der Waals surface area contributed by atoms with Gasteiger partial charge in [-0.15, -0.1) is 0 Å². The minimum Gasteiger partial charge on any atom is -0.495 e. The number of anilines is 1. The molecule has 0 aliphatic carbocycles. The van der Waals surface area contributed by atoms with E-state index in [9.17, 15) is 13.2 Å². The lowest BCUT2D eigenvalue weighted by Crippen LogP contribution is -2.20. The summed E-state index contributed by atoms with van der Waals surface area (Å²) in [7, 11) is -2.06. The van der Waals surface area contributed by atoms with Crippen LogP contribution >= 0.6 is 0 Å². The number of aromatic nitrogens is 2. The molecular formula is C19H21N3O4S. The van der Waals surface area contributed by atoms with E-state index < -0.39 is 9.84 Å². The number of ether oxygens (including phenoxy) is 1. The maximum absolute atomic E-state index is 12.4. The molecule has 1 fully saturated rings. The van der Waals surface area contributed by atoms with Gasteiger partial charge < -0.3 is 9.64 Å². The molecule has 0 amide bonds. The molecule has 0 bridgehead atoms. The monoisotopic (exact) mass is 387 g/mol. The van der Waals surface area contributed by atoms with E-state index in [0.717, 1.165) is 32.2 Å². The van der Waals surface area contributed by atoms with Crippen LogP contribution in [0.4, 0.5) is 5.95 Å². The molecule has 2 aromatic rings. The van der Waals surface area contributed by atoms with Crippen LogP contribution in [-0.2, 0) is 9.84 Å². The standard InChI is InChI=1S/C19H21N3O4S/c1-26-17-11-15(6-8-18(17)27(2,24)25)16(23)7-5-14-12-20-19(21-13-14)22-9-3-4-10-22/h5-8,11-13H,3-4,9-10H2,1-2H3/b7-5+.